The van der Waals surface area contributed by atoms with E-state index in [1.165, 1.54) is 0 Å². The lowest BCUT2D eigenvalue weighted by molar-refractivity contribution is 0.0167. The van der Waals surface area contributed by atoms with Gasteiger partial charge in [-0.25, -0.2) is 9.78 Å². The molecular weight excluding hydrogens is 416 g/mol. The van der Waals surface area contributed by atoms with Gasteiger partial charge in [0.25, 0.3) is 0 Å². The zero-order valence-electron chi connectivity index (χ0n) is 18.0. The summed E-state index contributed by atoms with van der Waals surface area (Å²) in [5.41, 5.74) is 4.44. The number of fused-ring (bicyclic) bond motifs is 4. The van der Waals surface area contributed by atoms with Crippen LogP contribution in [0.1, 0.15) is 40.4 Å². The largest absolute Gasteiger partial charge is 0.458 e. The number of esters is 1. The molecular formula is C25H22N6O2. The third-order valence-corrected chi connectivity index (χ3v) is 6.16. The first-order chi connectivity index (χ1) is 16.1. The average molecular weight is 438 g/mol. The second-order valence-corrected chi connectivity index (χ2v) is 8.39. The molecule has 8 heteroatoms. The van der Waals surface area contributed by atoms with Crippen LogP contribution in [0.25, 0.3) is 10.9 Å². The van der Waals surface area contributed by atoms with E-state index in [0.717, 1.165) is 33.7 Å². The topological polar surface area (TPSA) is 105 Å². The minimum Gasteiger partial charge on any atom is -0.458 e. The first kappa shape index (κ1) is 19.5. The van der Waals surface area contributed by atoms with Crippen LogP contribution < -0.4 is 10.6 Å². The Morgan fingerprint density at radius 1 is 1.06 bits per heavy atom. The molecule has 2 aromatic carbocycles. The van der Waals surface area contributed by atoms with Gasteiger partial charge in [-0.15, -0.1) is 0 Å². The van der Waals surface area contributed by atoms with Crippen LogP contribution in [-0.2, 0) is 4.74 Å². The summed E-state index contributed by atoms with van der Waals surface area (Å²) < 4.78 is 5.70. The van der Waals surface area contributed by atoms with Crippen molar-refractivity contribution in [3.05, 3.63) is 83.2 Å². The minimum absolute atomic E-state index is 0.109. The molecule has 6 rings (SSSR count). The first-order valence-electron chi connectivity index (χ1n) is 11.0. The van der Waals surface area contributed by atoms with Gasteiger partial charge in [0.05, 0.1) is 16.8 Å². The summed E-state index contributed by atoms with van der Waals surface area (Å²) in [6, 6.07) is 17.5. The van der Waals surface area contributed by atoms with Gasteiger partial charge in [-0.2, -0.15) is 10.1 Å². The Morgan fingerprint density at radius 2 is 1.91 bits per heavy atom. The van der Waals surface area contributed by atoms with Crippen molar-refractivity contribution in [2.45, 2.75) is 31.8 Å². The number of ether oxygens (including phenoxy) is 1. The lowest BCUT2D eigenvalue weighted by atomic mass is 9.80. The van der Waals surface area contributed by atoms with Gasteiger partial charge in [0, 0.05) is 29.5 Å². The Kier molecular flexibility index (Phi) is 4.57. The predicted molar refractivity (Wildman–Crippen MR) is 125 cm³/mol. The van der Waals surface area contributed by atoms with Crippen molar-refractivity contribution in [2.75, 3.05) is 10.6 Å². The van der Waals surface area contributed by atoms with Gasteiger partial charge in [0.15, 0.2) is 0 Å². The van der Waals surface area contributed by atoms with Crippen molar-refractivity contribution in [1.82, 2.24) is 20.2 Å². The molecule has 2 aromatic heterocycles. The molecule has 0 fully saturated rings. The zero-order valence-corrected chi connectivity index (χ0v) is 18.0. The average Bonchev–Trinajstić information content (AvgIpc) is 3.24. The molecule has 1 aliphatic carbocycles. The maximum absolute atomic E-state index is 12.3. The molecule has 0 saturated carbocycles. The van der Waals surface area contributed by atoms with E-state index >= 15 is 0 Å². The van der Waals surface area contributed by atoms with Crippen molar-refractivity contribution in [3.63, 3.8) is 0 Å². The maximum atomic E-state index is 12.3. The molecule has 2 aliphatic rings. The third-order valence-electron chi connectivity index (χ3n) is 6.16. The number of nitrogens with one attached hydrogen (secondary N) is 3. The molecule has 2 unspecified atom stereocenters. The first-order valence-corrected chi connectivity index (χ1v) is 11.0. The van der Waals surface area contributed by atoms with Gasteiger partial charge in [0.1, 0.15) is 17.7 Å². The monoisotopic (exact) mass is 438 g/mol. The number of carbonyl (C=O) groups is 1. The van der Waals surface area contributed by atoms with Crippen molar-refractivity contribution in [3.8, 4) is 0 Å². The van der Waals surface area contributed by atoms with E-state index in [4.69, 9.17) is 14.7 Å². The number of para-hydroxylation sites is 1. The second-order valence-electron chi connectivity index (χ2n) is 8.39. The van der Waals surface area contributed by atoms with Crippen LogP contribution in [0.15, 0.2) is 66.4 Å². The molecule has 2 atom stereocenters. The number of carbonyl (C=O) groups excluding carboxylic acids is 1. The quantitative estimate of drug-likeness (QED) is 0.393. The van der Waals surface area contributed by atoms with E-state index in [1.54, 1.807) is 0 Å². The maximum Gasteiger partial charge on any atom is 0.338 e. The van der Waals surface area contributed by atoms with Crippen LogP contribution in [0, 0.1) is 6.92 Å². The van der Waals surface area contributed by atoms with E-state index in [1.807, 2.05) is 61.5 Å². The predicted octanol–water partition coefficient (Wildman–Crippen LogP) is 4.82. The standard InChI is InChI=1S/C25H22N6O2/c1-14-12-22(31-30-14)28-23-18-8-4-5-9-20(18)27-25(29-23)26-15-10-11-21-19(13-15)16-6-2-3-7-17(16)24(32)33-21/h2-10,12,19,21H,11,13H2,1H3,(H3,26,27,28,29,30,31). The van der Waals surface area contributed by atoms with Gasteiger partial charge in [-0.1, -0.05) is 36.4 Å². The fourth-order valence-corrected chi connectivity index (χ4v) is 4.61. The highest BCUT2D eigenvalue weighted by molar-refractivity contribution is 5.93. The lowest BCUT2D eigenvalue weighted by Gasteiger charge is -2.36. The molecule has 0 spiro atoms. The molecule has 0 bridgehead atoms. The summed E-state index contributed by atoms with van der Waals surface area (Å²) in [5, 5.41) is 14.8. The summed E-state index contributed by atoms with van der Waals surface area (Å²) >= 11 is 0. The Hall–Kier alpha value is -4.20. The number of aromatic amines is 1. The smallest absolute Gasteiger partial charge is 0.338 e. The number of H-pyrrole nitrogens is 1. The van der Waals surface area contributed by atoms with Crippen molar-refractivity contribution < 1.29 is 9.53 Å². The van der Waals surface area contributed by atoms with E-state index in [0.29, 0.717) is 30.2 Å². The summed E-state index contributed by atoms with van der Waals surface area (Å²) in [6.45, 7) is 1.93. The number of benzene rings is 2. The number of aryl methyl sites for hydroxylation is 1. The van der Waals surface area contributed by atoms with Crippen molar-refractivity contribution in [2.24, 2.45) is 0 Å². The Labute approximate surface area is 190 Å². The SMILES string of the molecule is Cc1cc(Nc2nc(NC3=CCC4OC(=O)c5ccccc5C4C3)nc3ccccc23)[nH]n1. The molecule has 164 valence electrons. The Bertz CT molecular complexity index is 1410. The number of rotatable bonds is 4. The van der Waals surface area contributed by atoms with E-state index in [2.05, 4.69) is 26.9 Å². The van der Waals surface area contributed by atoms with E-state index in [-0.39, 0.29) is 18.0 Å². The number of hydrogen-bond acceptors (Lipinski definition) is 7. The molecule has 4 aromatic rings. The molecule has 3 heterocycles. The summed E-state index contributed by atoms with van der Waals surface area (Å²) in [5.74, 6) is 1.84. The molecule has 1 aliphatic heterocycles. The lowest BCUT2D eigenvalue weighted by Crippen LogP contribution is -2.34. The van der Waals surface area contributed by atoms with Gasteiger partial charge in [-0.3, -0.25) is 5.10 Å². The van der Waals surface area contributed by atoms with Crippen LogP contribution in [-0.4, -0.2) is 32.2 Å². The van der Waals surface area contributed by atoms with Crippen LogP contribution in [0.5, 0.6) is 0 Å². The molecule has 8 nitrogen and oxygen atoms in total. The summed E-state index contributed by atoms with van der Waals surface area (Å²) in [6.07, 6.45) is 3.30. The highest BCUT2D eigenvalue weighted by Crippen LogP contribution is 2.40. The number of anilines is 3. The Morgan fingerprint density at radius 3 is 2.79 bits per heavy atom. The summed E-state index contributed by atoms with van der Waals surface area (Å²) in [4.78, 5) is 21.8. The fourth-order valence-electron chi connectivity index (χ4n) is 4.61. The Balaban J connectivity index is 1.31. The van der Waals surface area contributed by atoms with Crippen LogP contribution in [0.3, 0.4) is 0 Å². The van der Waals surface area contributed by atoms with Crippen LogP contribution in [0.4, 0.5) is 17.6 Å². The van der Waals surface area contributed by atoms with Gasteiger partial charge in [0.2, 0.25) is 5.95 Å². The van der Waals surface area contributed by atoms with Crippen molar-refractivity contribution >= 4 is 34.5 Å². The van der Waals surface area contributed by atoms with Crippen molar-refractivity contribution in [1.29, 1.82) is 0 Å². The zero-order chi connectivity index (χ0) is 22.4. The molecule has 0 saturated heterocycles. The van der Waals surface area contributed by atoms with E-state index in [9.17, 15) is 4.79 Å². The van der Waals surface area contributed by atoms with Gasteiger partial charge in [-0.05, 0) is 37.1 Å². The second kappa shape index (κ2) is 7.74. The van der Waals surface area contributed by atoms with Gasteiger partial charge >= 0.3 is 5.97 Å². The van der Waals surface area contributed by atoms with Gasteiger partial charge < -0.3 is 15.4 Å². The van der Waals surface area contributed by atoms with Crippen LogP contribution >= 0.6 is 0 Å². The molecule has 3 N–H and O–H groups in total. The fraction of sp³-hybridized carbons (Fsp3) is 0.200. The molecule has 0 radical (unpaired) electrons. The minimum atomic E-state index is -0.237. The number of nitrogens with zero attached hydrogens (tertiary/aromatic N) is 3. The molecule has 0 amide bonds. The highest BCUT2D eigenvalue weighted by atomic mass is 16.5. The molecule has 33 heavy (non-hydrogen) atoms. The normalized spacial score (nSPS) is 19.3. The summed E-state index contributed by atoms with van der Waals surface area (Å²) in [7, 11) is 0. The third kappa shape index (κ3) is 3.59. The number of hydrogen-bond donors (Lipinski definition) is 3. The number of allylic oxidation sites excluding steroid dienone is 1. The number of aromatic nitrogens is 4. The van der Waals surface area contributed by atoms with E-state index < -0.39 is 0 Å². The van der Waals surface area contributed by atoms with Crippen LogP contribution in [0.2, 0.25) is 0 Å². The highest BCUT2D eigenvalue weighted by Gasteiger charge is 2.37.